The minimum atomic E-state index is -1.09. The van der Waals surface area contributed by atoms with Crippen molar-refractivity contribution in [3.63, 3.8) is 0 Å². The number of aromatic hydroxyl groups is 1. The summed E-state index contributed by atoms with van der Waals surface area (Å²) in [6.07, 6.45) is -1.22. The van der Waals surface area contributed by atoms with Crippen LogP contribution in [0.15, 0.2) is 132 Å². The van der Waals surface area contributed by atoms with Gasteiger partial charge in [0.2, 0.25) is 5.56 Å². The Bertz CT molecular complexity index is 2100. The van der Waals surface area contributed by atoms with E-state index in [1.807, 2.05) is 66.7 Å². The van der Waals surface area contributed by atoms with Gasteiger partial charge in [0.1, 0.15) is 11.5 Å². The number of carbonyl (C=O) groups is 1. The van der Waals surface area contributed by atoms with Crippen molar-refractivity contribution in [2.45, 2.75) is 25.1 Å². The van der Waals surface area contributed by atoms with Crippen molar-refractivity contribution >= 4 is 17.0 Å². The van der Waals surface area contributed by atoms with E-state index < -0.39 is 18.2 Å². The Labute approximate surface area is 283 Å². The zero-order valence-corrected chi connectivity index (χ0v) is 26.7. The number of rotatable bonds is 13. The van der Waals surface area contributed by atoms with Gasteiger partial charge in [0, 0.05) is 31.0 Å². The molecule has 0 aliphatic heterocycles. The molecular formula is C40H37N3O6. The van der Waals surface area contributed by atoms with Gasteiger partial charge >= 0.3 is 6.09 Å². The number of aromatic amines is 1. The van der Waals surface area contributed by atoms with Crippen LogP contribution in [0.5, 0.6) is 11.5 Å². The van der Waals surface area contributed by atoms with E-state index >= 15 is 0 Å². The van der Waals surface area contributed by atoms with Gasteiger partial charge in [-0.2, -0.15) is 0 Å². The molecule has 0 bridgehead atoms. The summed E-state index contributed by atoms with van der Waals surface area (Å²) in [5.41, 5.74) is 6.62. The van der Waals surface area contributed by atoms with E-state index in [9.17, 15) is 24.9 Å². The van der Waals surface area contributed by atoms with Crippen LogP contribution >= 0.6 is 0 Å². The molecule has 0 saturated heterocycles. The Kier molecular flexibility index (Phi) is 10.3. The molecule has 6 N–H and O–H groups in total. The average Bonchev–Trinajstić information content (AvgIpc) is 3.12. The number of phenolic OH excluding ortho intramolecular Hbond substituents is 1. The van der Waals surface area contributed by atoms with Crippen molar-refractivity contribution < 1.29 is 24.9 Å². The van der Waals surface area contributed by atoms with E-state index in [1.165, 1.54) is 12.1 Å². The third-order valence-electron chi connectivity index (χ3n) is 8.40. The first-order chi connectivity index (χ1) is 23.8. The lowest BCUT2D eigenvalue weighted by Gasteiger charge is -2.19. The number of pyridine rings is 1. The second kappa shape index (κ2) is 15.3. The van der Waals surface area contributed by atoms with E-state index in [2.05, 4.69) is 52.0 Å². The molecule has 6 rings (SSSR count). The number of fused-ring (bicyclic) bond motifs is 1. The van der Waals surface area contributed by atoms with Crippen LogP contribution in [0.1, 0.15) is 40.0 Å². The summed E-state index contributed by atoms with van der Waals surface area (Å²) in [5.74, 6) is 0.634. The van der Waals surface area contributed by atoms with Gasteiger partial charge in [0.25, 0.3) is 0 Å². The zero-order valence-electron chi connectivity index (χ0n) is 26.7. The van der Waals surface area contributed by atoms with E-state index in [0.717, 1.165) is 33.4 Å². The predicted molar refractivity (Wildman–Crippen MR) is 190 cm³/mol. The summed E-state index contributed by atoms with van der Waals surface area (Å²) in [7, 11) is 0. The standard InChI is InChI=1S/C40H37N3O6/c44-35-18-16-33(34-17-19-37(46)42-39(34)35)36(45)25-41-24-27-6-4-9-30(22-27)28-14-12-26(13-15-28)20-21-49-32-11-5-10-31(23-32)38(43-40(47)48)29-7-2-1-3-8-29/h1-19,22-23,36,38,41,43-45H,20-21,24-25H2,(H,42,46)(H,47,48)/t36-,38?/m0/s1. The minimum Gasteiger partial charge on any atom is -0.506 e. The second-order valence-corrected chi connectivity index (χ2v) is 11.8. The number of benzene rings is 5. The van der Waals surface area contributed by atoms with Crippen LogP contribution in [0.4, 0.5) is 4.79 Å². The van der Waals surface area contributed by atoms with Gasteiger partial charge in [0.15, 0.2) is 0 Å². The molecule has 2 atom stereocenters. The van der Waals surface area contributed by atoms with Gasteiger partial charge < -0.3 is 35.7 Å². The van der Waals surface area contributed by atoms with Gasteiger partial charge in [-0.15, -0.1) is 0 Å². The summed E-state index contributed by atoms with van der Waals surface area (Å²) in [5, 5.41) is 36.9. The number of carboxylic acid groups (broad SMARTS) is 1. The molecular weight excluding hydrogens is 618 g/mol. The molecule has 0 fully saturated rings. The van der Waals surface area contributed by atoms with E-state index in [-0.39, 0.29) is 17.9 Å². The molecule has 49 heavy (non-hydrogen) atoms. The van der Waals surface area contributed by atoms with Crippen molar-refractivity contribution in [2.24, 2.45) is 0 Å². The third-order valence-corrected chi connectivity index (χ3v) is 8.40. The quantitative estimate of drug-likeness (QED) is 0.0812. The second-order valence-electron chi connectivity index (χ2n) is 11.8. The number of nitrogens with one attached hydrogen (secondary N) is 3. The third kappa shape index (κ3) is 8.34. The lowest BCUT2D eigenvalue weighted by atomic mass is 9.98. The van der Waals surface area contributed by atoms with Crippen molar-refractivity contribution in [1.82, 2.24) is 15.6 Å². The van der Waals surface area contributed by atoms with E-state index in [0.29, 0.717) is 41.8 Å². The Morgan fingerprint density at radius 2 is 1.55 bits per heavy atom. The highest BCUT2D eigenvalue weighted by molar-refractivity contribution is 5.87. The minimum absolute atomic E-state index is 0.0396. The normalized spacial score (nSPS) is 12.3. The highest BCUT2D eigenvalue weighted by atomic mass is 16.5. The van der Waals surface area contributed by atoms with Crippen LogP contribution in [0.3, 0.4) is 0 Å². The molecule has 1 heterocycles. The van der Waals surface area contributed by atoms with Crippen LogP contribution in [-0.2, 0) is 13.0 Å². The molecule has 5 aromatic carbocycles. The molecule has 9 heteroatoms. The Morgan fingerprint density at radius 3 is 2.35 bits per heavy atom. The zero-order chi connectivity index (χ0) is 34.2. The number of phenols is 1. The van der Waals surface area contributed by atoms with Gasteiger partial charge in [-0.3, -0.25) is 4.79 Å². The van der Waals surface area contributed by atoms with Crippen molar-refractivity contribution in [2.75, 3.05) is 13.2 Å². The number of aromatic nitrogens is 1. The maximum absolute atomic E-state index is 11.7. The molecule has 1 unspecified atom stereocenters. The molecule has 0 radical (unpaired) electrons. The number of hydrogen-bond donors (Lipinski definition) is 6. The van der Waals surface area contributed by atoms with Crippen LogP contribution in [0.2, 0.25) is 0 Å². The van der Waals surface area contributed by atoms with Crippen LogP contribution in [0, 0.1) is 0 Å². The summed E-state index contributed by atoms with van der Waals surface area (Å²) in [6.45, 7) is 1.31. The summed E-state index contributed by atoms with van der Waals surface area (Å²) >= 11 is 0. The number of aliphatic hydroxyl groups is 1. The first-order valence-corrected chi connectivity index (χ1v) is 16.0. The molecule has 9 nitrogen and oxygen atoms in total. The molecule has 0 saturated carbocycles. The van der Waals surface area contributed by atoms with Gasteiger partial charge in [-0.1, -0.05) is 91.0 Å². The smallest absolute Gasteiger partial charge is 0.405 e. The van der Waals surface area contributed by atoms with Crippen molar-refractivity contribution in [3.8, 4) is 22.6 Å². The highest BCUT2D eigenvalue weighted by Gasteiger charge is 2.17. The number of ether oxygens (including phenoxy) is 1. The largest absolute Gasteiger partial charge is 0.506 e. The lowest BCUT2D eigenvalue weighted by Crippen LogP contribution is -2.27. The molecule has 6 aromatic rings. The van der Waals surface area contributed by atoms with Crippen LogP contribution in [-0.4, -0.2) is 39.5 Å². The molecule has 1 aromatic heterocycles. The number of H-pyrrole nitrogens is 1. The molecule has 248 valence electrons. The van der Waals surface area contributed by atoms with E-state index in [1.54, 1.807) is 12.1 Å². The summed E-state index contributed by atoms with van der Waals surface area (Å²) < 4.78 is 6.06. The monoisotopic (exact) mass is 655 g/mol. The number of hydrogen-bond acceptors (Lipinski definition) is 6. The number of aliphatic hydroxyl groups excluding tert-OH is 1. The maximum Gasteiger partial charge on any atom is 0.405 e. The summed E-state index contributed by atoms with van der Waals surface area (Å²) in [4.78, 5) is 25.8. The van der Waals surface area contributed by atoms with Crippen LogP contribution in [0.25, 0.3) is 22.0 Å². The molecule has 0 spiro atoms. The Hall–Kier alpha value is -5.90. The number of amides is 1. The first kappa shape index (κ1) is 33.0. The Balaban J connectivity index is 1.02. The highest BCUT2D eigenvalue weighted by Crippen LogP contribution is 2.29. The summed E-state index contributed by atoms with van der Waals surface area (Å²) in [6, 6.07) is 39.2. The Morgan fingerprint density at radius 1 is 0.776 bits per heavy atom. The molecule has 1 amide bonds. The van der Waals surface area contributed by atoms with Crippen LogP contribution < -0.4 is 20.9 Å². The van der Waals surface area contributed by atoms with Gasteiger partial charge in [-0.25, -0.2) is 4.79 Å². The molecule has 0 aliphatic rings. The maximum atomic E-state index is 11.7. The SMILES string of the molecule is O=C(O)NC(c1ccccc1)c1cccc(OCCc2ccc(-c3cccc(CNC[C@H](O)c4ccc(O)c5[nH]c(=O)ccc45)c3)cc2)c1. The van der Waals surface area contributed by atoms with E-state index in [4.69, 9.17) is 4.74 Å². The fraction of sp³-hybridized carbons (Fsp3) is 0.150. The van der Waals surface area contributed by atoms with Gasteiger partial charge in [0.05, 0.1) is 24.3 Å². The first-order valence-electron chi connectivity index (χ1n) is 16.0. The van der Waals surface area contributed by atoms with Gasteiger partial charge in [-0.05, 0) is 69.3 Å². The fourth-order valence-corrected chi connectivity index (χ4v) is 5.94. The lowest BCUT2D eigenvalue weighted by molar-refractivity contribution is 0.176. The van der Waals surface area contributed by atoms with Crippen molar-refractivity contribution in [3.05, 3.63) is 166 Å². The topological polar surface area (TPSA) is 144 Å². The molecule has 0 aliphatic carbocycles. The average molecular weight is 656 g/mol. The predicted octanol–water partition coefficient (Wildman–Crippen LogP) is 6.70. The van der Waals surface area contributed by atoms with Crippen molar-refractivity contribution in [1.29, 1.82) is 0 Å². The fourth-order valence-electron chi connectivity index (χ4n) is 5.94.